The Morgan fingerprint density at radius 3 is 2.42 bits per heavy atom. The predicted octanol–water partition coefficient (Wildman–Crippen LogP) is 5.81. The largest absolute Gasteiger partial charge is 0.419 e. The van der Waals surface area contributed by atoms with E-state index >= 15 is 0 Å². The van der Waals surface area contributed by atoms with E-state index in [0.29, 0.717) is 29.8 Å². The van der Waals surface area contributed by atoms with E-state index in [0.717, 1.165) is 35.4 Å². The van der Waals surface area contributed by atoms with Gasteiger partial charge in [-0.25, -0.2) is 13.2 Å². The standard InChI is InChI=1S/C26H20F6N2O2/c1-14-2-4-16-13-34(25(36)19-12-17(27)5-7-21(19)28)9-8-18(16)24(14)33-23(35)11-15-3-6-20(22(29)10-15)26(30,31)32/h2-7,10,12H,8-9,11,13H2,1H3,(H,33,35). The normalized spacial score (nSPS) is 13.4. The Bertz CT molecular complexity index is 1350. The molecule has 0 saturated heterocycles. The molecule has 3 aromatic carbocycles. The molecule has 4 nitrogen and oxygen atoms in total. The number of rotatable bonds is 4. The molecule has 3 aromatic rings. The van der Waals surface area contributed by atoms with Crippen molar-refractivity contribution < 1.29 is 35.9 Å². The Balaban J connectivity index is 1.51. The molecule has 0 spiro atoms. The average molecular weight is 506 g/mol. The van der Waals surface area contributed by atoms with Crippen molar-refractivity contribution in [2.75, 3.05) is 11.9 Å². The lowest BCUT2D eigenvalue weighted by Crippen LogP contribution is -2.37. The van der Waals surface area contributed by atoms with E-state index < -0.39 is 41.0 Å². The summed E-state index contributed by atoms with van der Waals surface area (Å²) >= 11 is 0. The Morgan fingerprint density at radius 1 is 0.972 bits per heavy atom. The minimum atomic E-state index is -4.83. The summed E-state index contributed by atoms with van der Waals surface area (Å²) in [6.07, 6.45) is -4.85. The minimum absolute atomic E-state index is 0.0781. The van der Waals surface area contributed by atoms with Crippen molar-refractivity contribution >= 4 is 17.5 Å². The van der Waals surface area contributed by atoms with Crippen LogP contribution in [-0.2, 0) is 30.4 Å². The van der Waals surface area contributed by atoms with Crippen LogP contribution in [0.3, 0.4) is 0 Å². The second-order valence-corrected chi connectivity index (χ2v) is 8.53. The molecular formula is C26H20F6N2O2. The highest BCUT2D eigenvalue weighted by Gasteiger charge is 2.34. The zero-order chi connectivity index (χ0) is 26.2. The molecule has 1 aliphatic heterocycles. The first-order valence-corrected chi connectivity index (χ1v) is 10.9. The quantitative estimate of drug-likeness (QED) is 0.454. The molecule has 0 saturated carbocycles. The van der Waals surface area contributed by atoms with Crippen molar-refractivity contribution in [1.29, 1.82) is 0 Å². The molecule has 188 valence electrons. The van der Waals surface area contributed by atoms with E-state index in [4.69, 9.17) is 0 Å². The van der Waals surface area contributed by atoms with Crippen LogP contribution < -0.4 is 5.32 Å². The smallest absolute Gasteiger partial charge is 0.334 e. The molecule has 0 aliphatic carbocycles. The van der Waals surface area contributed by atoms with E-state index in [1.54, 1.807) is 19.1 Å². The summed E-state index contributed by atoms with van der Waals surface area (Å²) in [6.45, 7) is 2.06. The number of alkyl halides is 3. The topological polar surface area (TPSA) is 49.4 Å². The van der Waals surface area contributed by atoms with Gasteiger partial charge in [-0.1, -0.05) is 18.2 Å². The van der Waals surface area contributed by atoms with Crippen LogP contribution in [0.2, 0.25) is 0 Å². The maximum Gasteiger partial charge on any atom is 0.419 e. The Labute approximate surface area is 202 Å². The van der Waals surface area contributed by atoms with E-state index in [2.05, 4.69) is 5.32 Å². The Hall–Kier alpha value is -3.82. The van der Waals surface area contributed by atoms with Crippen molar-refractivity contribution in [3.63, 3.8) is 0 Å². The number of carbonyl (C=O) groups is 2. The number of amides is 2. The van der Waals surface area contributed by atoms with Crippen molar-refractivity contribution in [3.05, 3.63) is 99.4 Å². The van der Waals surface area contributed by atoms with Gasteiger partial charge in [-0.2, -0.15) is 13.2 Å². The maximum absolute atomic E-state index is 14.1. The number of aryl methyl sites for hydroxylation is 1. The van der Waals surface area contributed by atoms with Crippen molar-refractivity contribution in [1.82, 2.24) is 4.90 Å². The summed E-state index contributed by atoms with van der Waals surface area (Å²) in [6, 6.07) is 8.49. The second kappa shape index (κ2) is 9.67. The highest BCUT2D eigenvalue weighted by Crippen LogP contribution is 2.33. The zero-order valence-electron chi connectivity index (χ0n) is 19.0. The molecule has 2 amide bonds. The van der Waals surface area contributed by atoms with Crippen LogP contribution in [0.1, 0.15) is 38.2 Å². The van der Waals surface area contributed by atoms with Crippen LogP contribution in [0.15, 0.2) is 48.5 Å². The summed E-state index contributed by atoms with van der Waals surface area (Å²) in [4.78, 5) is 26.8. The average Bonchev–Trinajstić information content (AvgIpc) is 2.81. The molecule has 1 heterocycles. The first-order chi connectivity index (χ1) is 16.9. The summed E-state index contributed by atoms with van der Waals surface area (Å²) < 4.78 is 79.8. The van der Waals surface area contributed by atoms with E-state index in [-0.39, 0.29) is 30.6 Å². The number of halogens is 6. The molecule has 1 aliphatic rings. The molecule has 0 atom stereocenters. The number of hydrogen-bond donors (Lipinski definition) is 1. The zero-order valence-corrected chi connectivity index (χ0v) is 19.0. The van der Waals surface area contributed by atoms with Gasteiger partial charge in [0, 0.05) is 18.8 Å². The fourth-order valence-corrected chi connectivity index (χ4v) is 4.22. The Kier molecular flexibility index (Phi) is 6.79. The van der Waals surface area contributed by atoms with Gasteiger partial charge in [-0.15, -0.1) is 0 Å². The summed E-state index contributed by atoms with van der Waals surface area (Å²) in [5.74, 6) is -4.23. The summed E-state index contributed by atoms with van der Waals surface area (Å²) in [5, 5.41) is 2.75. The van der Waals surface area contributed by atoms with Gasteiger partial charge in [0.1, 0.15) is 17.5 Å². The van der Waals surface area contributed by atoms with Crippen LogP contribution in [0.5, 0.6) is 0 Å². The van der Waals surface area contributed by atoms with Crippen LogP contribution in [-0.4, -0.2) is 23.3 Å². The van der Waals surface area contributed by atoms with Crippen LogP contribution in [0.25, 0.3) is 0 Å². The maximum atomic E-state index is 14.1. The van der Waals surface area contributed by atoms with E-state index in [1.807, 2.05) is 0 Å². The molecule has 4 rings (SSSR count). The summed E-state index contributed by atoms with van der Waals surface area (Å²) in [7, 11) is 0. The lowest BCUT2D eigenvalue weighted by atomic mass is 9.94. The highest BCUT2D eigenvalue weighted by molar-refractivity contribution is 5.96. The fourth-order valence-electron chi connectivity index (χ4n) is 4.22. The first-order valence-electron chi connectivity index (χ1n) is 10.9. The molecule has 0 unspecified atom stereocenters. The predicted molar refractivity (Wildman–Crippen MR) is 120 cm³/mol. The van der Waals surface area contributed by atoms with Crippen LogP contribution in [0, 0.1) is 24.4 Å². The van der Waals surface area contributed by atoms with Crippen molar-refractivity contribution in [2.24, 2.45) is 0 Å². The Morgan fingerprint density at radius 2 is 1.72 bits per heavy atom. The van der Waals surface area contributed by atoms with E-state index in [9.17, 15) is 35.9 Å². The SMILES string of the molecule is Cc1ccc2c(c1NC(=O)Cc1ccc(C(F)(F)F)c(F)c1)CCN(C(=O)c1cc(F)ccc1F)C2. The molecule has 0 radical (unpaired) electrons. The van der Waals surface area contributed by atoms with Crippen molar-refractivity contribution in [3.8, 4) is 0 Å². The van der Waals surface area contributed by atoms with Gasteiger partial charge in [-0.3, -0.25) is 9.59 Å². The fraction of sp³-hybridized carbons (Fsp3) is 0.231. The molecule has 36 heavy (non-hydrogen) atoms. The third-order valence-corrected chi connectivity index (χ3v) is 6.03. The van der Waals surface area contributed by atoms with Crippen molar-refractivity contribution in [2.45, 2.75) is 32.5 Å². The summed E-state index contributed by atoms with van der Waals surface area (Å²) in [5.41, 5.74) is 0.971. The molecule has 10 heteroatoms. The molecule has 0 aromatic heterocycles. The first kappa shape index (κ1) is 25.3. The van der Waals surface area contributed by atoms with Gasteiger partial charge in [0.25, 0.3) is 5.91 Å². The van der Waals surface area contributed by atoms with Gasteiger partial charge in [0.15, 0.2) is 0 Å². The molecule has 0 fully saturated rings. The lowest BCUT2D eigenvalue weighted by molar-refractivity contribution is -0.140. The number of hydrogen-bond acceptors (Lipinski definition) is 2. The number of nitrogens with one attached hydrogen (secondary N) is 1. The molecular weight excluding hydrogens is 486 g/mol. The number of nitrogens with zero attached hydrogens (tertiary/aromatic N) is 1. The second-order valence-electron chi connectivity index (χ2n) is 8.53. The van der Waals surface area contributed by atoms with Gasteiger partial charge < -0.3 is 10.2 Å². The number of carbonyl (C=O) groups excluding carboxylic acids is 2. The minimum Gasteiger partial charge on any atom is -0.334 e. The van der Waals surface area contributed by atoms with Gasteiger partial charge in [-0.05, 0) is 65.9 Å². The number of fused-ring (bicyclic) bond motifs is 1. The van der Waals surface area contributed by atoms with Gasteiger partial charge in [0.05, 0.1) is 17.5 Å². The van der Waals surface area contributed by atoms with Crippen LogP contribution >= 0.6 is 0 Å². The molecule has 1 N–H and O–H groups in total. The van der Waals surface area contributed by atoms with E-state index in [1.165, 1.54) is 4.90 Å². The molecule has 0 bridgehead atoms. The van der Waals surface area contributed by atoms with Gasteiger partial charge >= 0.3 is 6.18 Å². The monoisotopic (exact) mass is 506 g/mol. The number of benzene rings is 3. The third-order valence-electron chi connectivity index (χ3n) is 6.03. The lowest BCUT2D eigenvalue weighted by Gasteiger charge is -2.31. The number of anilines is 1. The third kappa shape index (κ3) is 5.22. The van der Waals surface area contributed by atoms with Crippen LogP contribution in [0.4, 0.5) is 32.0 Å². The van der Waals surface area contributed by atoms with Gasteiger partial charge in [0.2, 0.25) is 5.91 Å². The highest BCUT2D eigenvalue weighted by atomic mass is 19.4.